The van der Waals surface area contributed by atoms with Gasteiger partial charge in [0.05, 0.1) is 0 Å². The molecule has 0 aliphatic carbocycles. The average molecular weight is 192 g/mol. The molecule has 0 bridgehead atoms. The fraction of sp³-hybridized carbons (Fsp3) is 0.300. The molecule has 1 aromatic carbocycles. The van der Waals surface area contributed by atoms with Gasteiger partial charge in [0.2, 0.25) is 0 Å². The Balaban J connectivity index is 2.61. The van der Waals surface area contributed by atoms with E-state index in [9.17, 15) is 5.11 Å². The van der Waals surface area contributed by atoms with Gasteiger partial charge in [0.25, 0.3) is 0 Å². The molecule has 2 aromatic rings. The molecule has 0 unspecified atom stereocenters. The van der Waals surface area contributed by atoms with Gasteiger partial charge in [0.15, 0.2) is 17.2 Å². The largest absolute Gasteiger partial charge is 0.504 e. The van der Waals surface area contributed by atoms with Crippen molar-refractivity contribution in [2.45, 2.75) is 13.3 Å². The monoisotopic (exact) mass is 192 g/mol. The van der Waals surface area contributed by atoms with Crippen LogP contribution in [0.2, 0.25) is 0 Å². The van der Waals surface area contributed by atoms with Crippen molar-refractivity contribution in [1.82, 2.24) is 4.98 Å². The molecule has 2 rings (SSSR count). The summed E-state index contributed by atoms with van der Waals surface area (Å²) in [6, 6.07) is 3.66. The minimum Gasteiger partial charge on any atom is -0.504 e. The molecule has 1 heterocycles. The Morgan fingerprint density at radius 2 is 2.29 bits per heavy atom. The number of nitrogens with zero attached hydrogens (tertiary/aromatic N) is 1. The van der Waals surface area contributed by atoms with E-state index in [1.54, 1.807) is 6.92 Å². The topological polar surface area (TPSA) is 72.3 Å². The SMILES string of the molecule is Cc1nc2ccc(CCN)c(O)c2o1. The number of hydrogen-bond donors (Lipinski definition) is 2. The summed E-state index contributed by atoms with van der Waals surface area (Å²) >= 11 is 0. The Hall–Kier alpha value is -1.55. The van der Waals surface area contributed by atoms with E-state index < -0.39 is 0 Å². The van der Waals surface area contributed by atoms with Crippen molar-refractivity contribution in [3.8, 4) is 5.75 Å². The molecule has 0 amide bonds. The summed E-state index contributed by atoms with van der Waals surface area (Å²) < 4.78 is 5.28. The van der Waals surface area contributed by atoms with Crippen LogP contribution in [0.25, 0.3) is 11.1 Å². The van der Waals surface area contributed by atoms with Crippen LogP contribution in [0, 0.1) is 6.92 Å². The summed E-state index contributed by atoms with van der Waals surface area (Å²) in [4.78, 5) is 4.12. The molecule has 14 heavy (non-hydrogen) atoms. The van der Waals surface area contributed by atoms with Crippen LogP contribution in [-0.2, 0) is 6.42 Å². The highest BCUT2D eigenvalue weighted by Crippen LogP contribution is 2.29. The van der Waals surface area contributed by atoms with Gasteiger partial charge in [0, 0.05) is 6.92 Å². The number of nitrogens with two attached hydrogens (primary N) is 1. The maximum Gasteiger partial charge on any atom is 0.196 e. The second-order valence-corrected chi connectivity index (χ2v) is 3.19. The van der Waals surface area contributed by atoms with Gasteiger partial charge in [-0.15, -0.1) is 0 Å². The normalized spacial score (nSPS) is 11.0. The van der Waals surface area contributed by atoms with Crippen molar-refractivity contribution < 1.29 is 9.52 Å². The third-order valence-electron chi connectivity index (χ3n) is 2.14. The van der Waals surface area contributed by atoms with Crippen molar-refractivity contribution in [3.05, 3.63) is 23.6 Å². The predicted octanol–water partition coefficient (Wildman–Crippen LogP) is 1.34. The van der Waals surface area contributed by atoms with Crippen molar-refractivity contribution >= 4 is 11.1 Å². The fourth-order valence-electron chi connectivity index (χ4n) is 1.49. The molecule has 4 heteroatoms. The number of oxazole rings is 1. The van der Waals surface area contributed by atoms with Crippen molar-refractivity contribution in [2.75, 3.05) is 6.54 Å². The molecule has 0 aliphatic rings. The van der Waals surface area contributed by atoms with E-state index in [2.05, 4.69) is 4.98 Å². The molecule has 0 aliphatic heterocycles. The number of aromatic nitrogens is 1. The van der Waals surface area contributed by atoms with Crippen LogP contribution >= 0.6 is 0 Å². The standard InChI is InChI=1S/C10H12N2O2/c1-6-12-8-3-2-7(4-5-11)9(13)10(8)14-6/h2-3,13H,4-5,11H2,1H3. The van der Waals surface area contributed by atoms with Crippen LogP contribution in [0.3, 0.4) is 0 Å². The van der Waals surface area contributed by atoms with Crippen LogP contribution in [0.4, 0.5) is 0 Å². The maximum absolute atomic E-state index is 9.80. The zero-order valence-corrected chi connectivity index (χ0v) is 7.95. The minimum absolute atomic E-state index is 0.161. The minimum atomic E-state index is 0.161. The molecule has 0 atom stereocenters. The Morgan fingerprint density at radius 1 is 1.50 bits per heavy atom. The molecule has 1 aromatic heterocycles. The number of aryl methyl sites for hydroxylation is 1. The van der Waals surface area contributed by atoms with Gasteiger partial charge in [-0.05, 0) is 24.6 Å². The Labute approximate surface area is 81.4 Å². The lowest BCUT2D eigenvalue weighted by Crippen LogP contribution is -2.02. The van der Waals surface area contributed by atoms with Crippen molar-refractivity contribution in [1.29, 1.82) is 0 Å². The first kappa shape index (κ1) is 9.02. The highest BCUT2D eigenvalue weighted by Gasteiger charge is 2.10. The molecule has 0 saturated carbocycles. The lowest BCUT2D eigenvalue weighted by atomic mass is 10.1. The highest BCUT2D eigenvalue weighted by molar-refractivity contribution is 5.80. The van der Waals surface area contributed by atoms with E-state index in [1.165, 1.54) is 0 Å². The van der Waals surface area contributed by atoms with E-state index in [4.69, 9.17) is 10.2 Å². The zero-order chi connectivity index (χ0) is 10.1. The Bertz CT molecular complexity index is 462. The Kier molecular flexibility index (Phi) is 2.13. The average Bonchev–Trinajstić information content (AvgIpc) is 2.52. The van der Waals surface area contributed by atoms with Gasteiger partial charge in [-0.25, -0.2) is 4.98 Å². The van der Waals surface area contributed by atoms with Crippen molar-refractivity contribution in [2.24, 2.45) is 5.73 Å². The van der Waals surface area contributed by atoms with E-state index in [0.29, 0.717) is 30.0 Å². The number of phenols is 1. The van der Waals surface area contributed by atoms with Gasteiger partial charge in [-0.3, -0.25) is 0 Å². The second-order valence-electron chi connectivity index (χ2n) is 3.19. The van der Waals surface area contributed by atoms with Crippen LogP contribution in [0.15, 0.2) is 16.5 Å². The van der Waals surface area contributed by atoms with Gasteiger partial charge in [-0.2, -0.15) is 0 Å². The molecule has 0 saturated heterocycles. The van der Waals surface area contributed by atoms with E-state index >= 15 is 0 Å². The van der Waals surface area contributed by atoms with Crippen LogP contribution in [-0.4, -0.2) is 16.6 Å². The highest BCUT2D eigenvalue weighted by atomic mass is 16.4. The maximum atomic E-state index is 9.80. The number of benzene rings is 1. The summed E-state index contributed by atoms with van der Waals surface area (Å²) in [6.07, 6.45) is 0.640. The first-order valence-electron chi connectivity index (χ1n) is 4.50. The lowest BCUT2D eigenvalue weighted by molar-refractivity contribution is 0.453. The second kappa shape index (κ2) is 3.31. The summed E-state index contributed by atoms with van der Waals surface area (Å²) in [5, 5.41) is 9.80. The molecular weight excluding hydrogens is 180 g/mol. The molecule has 0 fully saturated rings. The van der Waals surface area contributed by atoms with Gasteiger partial charge < -0.3 is 15.3 Å². The smallest absolute Gasteiger partial charge is 0.196 e. The number of phenolic OH excluding ortho intramolecular Hbond substituents is 1. The van der Waals surface area contributed by atoms with Crippen LogP contribution in [0.1, 0.15) is 11.5 Å². The summed E-state index contributed by atoms with van der Waals surface area (Å²) in [7, 11) is 0. The summed E-state index contributed by atoms with van der Waals surface area (Å²) in [5.74, 6) is 0.716. The van der Waals surface area contributed by atoms with Crippen molar-refractivity contribution in [3.63, 3.8) is 0 Å². The molecule has 0 spiro atoms. The van der Waals surface area contributed by atoms with E-state index in [0.717, 1.165) is 5.56 Å². The third kappa shape index (κ3) is 1.33. The number of hydrogen-bond acceptors (Lipinski definition) is 4. The Morgan fingerprint density at radius 3 is 3.00 bits per heavy atom. The number of rotatable bonds is 2. The van der Waals surface area contributed by atoms with Gasteiger partial charge in [-0.1, -0.05) is 6.07 Å². The predicted molar refractivity (Wildman–Crippen MR) is 53.2 cm³/mol. The molecule has 3 N–H and O–H groups in total. The fourth-order valence-corrected chi connectivity index (χ4v) is 1.49. The first-order chi connectivity index (χ1) is 6.72. The number of fused-ring (bicyclic) bond motifs is 1. The summed E-state index contributed by atoms with van der Waals surface area (Å²) in [6.45, 7) is 2.26. The molecular formula is C10H12N2O2. The molecule has 4 nitrogen and oxygen atoms in total. The van der Waals surface area contributed by atoms with Crippen LogP contribution in [0.5, 0.6) is 5.75 Å². The first-order valence-corrected chi connectivity index (χ1v) is 4.50. The van der Waals surface area contributed by atoms with Crippen LogP contribution < -0.4 is 5.73 Å². The van der Waals surface area contributed by atoms with E-state index in [1.807, 2.05) is 12.1 Å². The third-order valence-corrected chi connectivity index (χ3v) is 2.14. The van der Waals surface area contributed by atoms with Gasteiger partial charge >= 0.3 is 0 Å². The zero-order valence-electron chi connectivity index (χ0n) is 7.95. The molecule has 0 radical (unpaired) electrons. The molecule has 74 valence electrons. The summed E-state index contributed by atoms with van der Waals surface area (Å²) in [5.41, 5.74) is 7.36. The number of aromatic hydroxyl groups is 1. The van der Waals surface area contributed by atoms with Gasteiger partial charge in [0.1, 0.15) is 5.52 Å². The quantitative estimate of drug-likeness (QED) is 0.753. The lowest BCUT2D eigenvalue weighted by Gasteiger charge is -2.01. The van der Waals surface area contributed by atoms with E-state index in [-0.39, 0.29) is 5.75 Å².